The Labute approximate surface area is 132 Å². The van der Waals surface area contributed by atoms with Crippen LogP contribution in [0.15, 0.2) is 54.6 Å². The molecule has 0 bridgehead atoms. The lowest BCUT2D eigenvalue weighted by atomic mass is 10.1. The molecule has 2 aromatic carbocycles. The number of nitrogens with zero attached hydrogens (tertiary/aromatic N) is 1. The van der Waals surface area contributed by atoms with Crippen LogP contribution in [-0.4, -0.2) is 4.57 Å². The number of hydrogen-bond donors (Lipinski definition) is 1. The Morgan fingerprint density at radius 2 is 1.70 bits per heavy atom. The molecule has 20 heavy (non-hydrogen) atoms. The van der Waals surface area contributed by atoms with Crippen LogP contribution >= 0.6 is 35.3 Å². The number of thiazole rings is 1. The number of halogens is 2. The highest BCUT2D eigenvalue weighted by Crippen LogP contribution is 2.24. The van der Waals surface area contributed by atoms with Crippen molar-refractivity contribution in [2.24, 2.45) is 0 Å². The molecule has 1 N–H and O–H groups in total. The number of alkyl halides is 1. The maximum Gasteiger partial charge on any atom is 0.182 e. The fraction of sp³-hybridized carbons (Fsp3) is 0.133. The van der Waals surface area contributed by atoms with Crippen molar-refractivity contribution in [2.45, 2.75) is 11.9 Å². The number of hydrogen-bond acceptors (Lipinski definition) is 2. The van der Waals surface area contributed by atoms with Gasteiger partial charge in [-0.3, -0.25) is 5.41 Å². The van der Waals surface area contributed by atoms with Crippen molar-refractivity contribution in [1.82, 2.24) is 4.57 Å². The lowest BCUT2D eigenvalue weighted by Crippen LogP contribution is -2.16. The van der Waals surface area contributed by atoms with Crippen LogP contribution in [0.25, 0.3) is 10.2 Å². The maximum absolute atomic E-state index is 8.08. The van der Waals surface area contributed by atoms with Crippen molar-refractivity contribution in [2.75, 3.05) is 0 Å². The van der Waals surface area contributed by atoms with Crippen LogP contribution in [-0.2, 0) is 6.54 Å². The van der Waals surface area contributed by atoms with E-state index < -0.39 is 0 Å². The maximum atomic E-state index is 8.08. The number of fused-ring (bicyclic) bond motifs is 1. The summed E-state index contributed by atoms with van der Waals surface area (Å²) in [6.45, 7) is 0.619. The highest BCUT2D eigenvalue weighted by Gasteiger charge is 2.11. The molecular formula is C15H14Cl2N2S. The van der Waals surface area contributed by atoms with Crippen LogP contribution in [0, 0.1) is 5.41 Å². The fourth-order valence-electron chi connectivity index (χ4n) is 2.14. The molecule has 0 saturated heterocycles. The summed E-state index contributed by atoms with van der Waals surface area (Å²) < 4.78 is 3.11. The molecule has 3 aromatic rings. The molecule has 0 amide bonds. The monoisotopic (exact) mass is 324 g/mol. The lowest BCUT2D eigenvalue weighted by molar-refractivity contribution is 0.675. The van der Waals surface area contributed by atoms with E-state index in [1.54, 1.807) is 0 Å². The zero-order valence-electron chi connectivity index (χ0n) is 10.6. The lowest BCUT2D eigenvalue weighted by Gasteiger charge is -2.11. The summed E-state index contributed by atoms with van der Waals surface area (Å²) in [6, 6.07) is 18.1. The Kier molecular flexibility index (Phi) is 4.86. The van der Waals surface area contributed by atoms with Gasteiger partial charge in [-0.25, -0.2) is 0 Å². The largest absolute Gasteiger partial charge is 0.315 e. The fourth-order valence-corrected chi connectivity index (χ4v) is 3.35. The predicted octanol–water partition coefficient (Wildman–Crippen LogP) is 4.58. The normalized spacial score (nSPS) is 12.1. The molecule has 0 fully saturated rings. The third-order valence-corrected chi connectivity index (χ3v) is 4.48. The summed E-state index contributed by atoms with van der Waals surface area (Å²) in [5, 5.41) is 7.96. The zero-order valence-corrected chi connectivity index (χ0v) is 13.0. The molecule has 1 aromatic heterocycles. The number of benzene rings is 2. The van der Waals surface area contributed by atoms with Crippen LogP contribution in [0.4, 0.5) is 0 Å². The van der Waals surface area contributed by atoms with Gasteiger partial charge in [-0.15, -0.1) is 24.0 Å². The average molecular weight is 325 g/mol. The topological polar surface area (TPSA) is 28.8 Å². The second-order valence-corrected chi connectivity index (χ2v) is 5.92. The Morgan fingerprint density at radius 1 is 1.05 bits per heavy atom. The van der Waals surface area contributed by atoms with E-state index in [1.165, 1.54) is 11.3 Å². The minimum Gasteiger partial charge on any atom is -0.315 e. The average Bonchev–Trinajstić information content (AvgIpc) is 2.76. The molecule has 2 nitrogen and oxygen atoms in total. The summed E-state index contributed by atoms with van der Waals surface area (Å²) in [6.07, 6.45) is 0. The van der Waals surface area contributed by atoms with Crippen LogP contribution in [0.2, 0.25) is 0 Å². The van der Waals surface area contributed by atoms with Crippen molar-refractivity contribution >= 4 is 45.6 Å². The summed E-state index contributed by atoms with van der Waals surface area (Å²) in [5.41, 5.74) is 2.17. The van der Waals surface area contributed by atoms with Crippen LogP contribution in [0.5, 0.6) is 0 Å². The Balaban J connectivity index is 0.00000147. The van der Waals surface area contributed by atoms with E-state index in [4.69, 9.17) is 17.0 Å². The Hall–Kier alpha value is -1.29. The van der Waals surface area contributed by atoms with Gasteiger partial charge < -0.3 is 4.57 Å². The van der Waals surface area contributed by atoms with Gasteiger partial charge in [0.25, 0.3) is 0 Å². The van der Waals surface area contributed by atoms with Gasteiger partial charge in [0.15, 0.2) is 4.80 Å². The van der Waals surface area contributed by atoms with Gasteiger partial charge in [0.05, 0.1) is 15.6 Å². The molecule has 0 aliphatic heterocycles. The van der Waals surface area contributed by atoms with E-state index in [2.05, 4.69) is 0 Å². The third kappa shape index (κ3) is 2.90. The van der Waals surface area contributed by atoms with Crippen molar-refractivity contribution in [3.8, 4) is 0 Å². The first-order valence-corrected chi connectivity index (χ1v) is 7.33. The zero-order chi connectivity index (χ0) is 13.2. The van der Waals surface area contributed by atoms with Crippen molar-refractivity contribution in [3.05, 3.63) is 65.0 Å². The van der Waals surface area contributed by atoms with Crippen LogP contribution in [0.3, 0.4) is 0 Å². The molecule has 104 valence electrons. The third-order valence-electron chi connectivity index (χ3n) is 3.11. The molecule has 0 aliphatic carbocycles. The SMILES string of the molecule is Cl.N=c1sc2ccccc2n1CC(Cl)c1ccccc1. The number of aromatic nitrogens is 1. The molecule has 5 heteroatoms. The smallest absolute Gasteiger partial charge is 0.182 e. The predicted molar refractivity (Wildman–Crippen MR) is 88.0 cm³/mol. The molecule has 0 aliphatic rings. The van der Waals surface area contributed by atoms with E-state index >= 15 is 0 Å². The number of nitrogens with one attached hydrogen (secondary N) is 1. The number of rotatable bonds is 3. The number of para-hydroxylation sites is 1. The summed E-state index contributed by atoms with van der Waals surface area (Å²) in [4.78, 5) is 0.544. The molecule has 1 heterocycles. The first kappa shape index (κ1) is 15.1. The second kappa shape index (κ2) is 6.44. The van der Waals surface area contributed by atoms with Gasteiger partial charge in [-0.05, 0) is 17.7 Å². The highest BCUT2D eigenvalue weighted by atomic mass is 35.5. The molecule has 1 atom stereocenters. The van der Waals surface area contributed by atoms with Crippen molar-refractivity contribution in [3.63, 3.8) is 0 Å². The van der Waals surface area contributed by atoms with Crippen LogP contribution < -0.4 is 4.80 Å². The highest BCUT2D eigenvalue weighted by molar-refractivity contribution is 7.16. The summed E-state index contributed by atoms with van der Waals surface area (Å²) in [7, 11) is 0. The van der Waals surface area contributed by atoms with Gasteiger partial charge in [-0.1, -0.05) is 53.8 Å². The standard InChI is InChI=1S/C15H13ClN2S.ClH/c16-12(11-6-2-1-3-7-11)10-18-13-8-4-5-9-14(13)19-15(18)17;/h1-9,12,17H,10H2;1H. The van der Waals surface area contributed by atoms with Gasteiger partial charge in [0.1, 0.15) is 0 Å². The first-order valence-electron chi connectivity index (χ1n) is 6.07. The van der Waals surface area contributed by atoms with Gasteiger partial charge in [0.2, 0.25) is 0 Å². The second-order valence-electron chi connectivity index (χ2n) is 4.36. The van der Waals surface area contributed by atoms with Crippen LogP contribution in [0.1, 0.15) is 10.9 Å². The minimum atomic E-state index is -0.117. The van der Waals surface area contributed by atoms with Crippen molar-refractivity contribution in [1.29, 1.82) is 5.41 Å². The van der Waals surface area contributed by atoms with E-state index in [9.17, 15) is 0 Å². The van der Waals surface area contributed by atoms with E-state index in [0.717, 1.165) is 15.8 Å². The van der Waals surface area contributed by atoms with E-state index in [1.807, 2.05) is 59.2 Å². The summed E-state index contributed by atoms with van der Waals surface area (Å²) >= 11 is 7.96. The van der Waals surface area contributed by atoms with Gasteiger partial charge in [0, 0.05) is 6.54 Å². The Morgan fingerprint density at radius 3 is 2.45 bits per heavy atom. The molecule has 0 saturated carbocycles. The van der Waals surface area contributed by atoms with E-state index in [0.29, 0.717) is 11.3 Å². The molecule has 0 radical (unpaired) electrons. The van der Waals surface area contributed by atoms with Gasteiger partial charge in [-0.2, -0.15) is 0 Å². The van der Waals surface area contributed by atoms with E-state index in [-0.39, 0.29) is 17.8 Å². The molecule has 1 unspecified atom stereocenters. The Bertz CT molecular complexity index is 749. The summed E-state index contributed by atoms with van der Waals surface area (Å²) in [5.74, 6) is 0. The first-order chi connectivity index (χ1) is 9.25. The molecule has 0 spiro atoms. The molecule has 3 rings (SSSR count). The quantitative estimate of drug-likeness (QED) is 0.683. The molecular weight excluding hydrogens is 311 g/mol. The van der Waals surface area contributed by atoms with Crippen molar-refractivity contribution < 1.29 is 0 Å². The minimum absolute atomic E-state index is 0. The van der Waals surface area contributed by atoms with Gasteiger partial charge >= 0.3 is 0 Å².